The second-order valence-electron chi connectivity index (χ2n) is 5.55. The summed E-state index contributed by atoms with van der Waals surface area (Å²) < 4.78 is 27.8. The molecule has 1 atom stereocenters. The minimum Gasteiger partial charge on any atom is -0.329 e. The van der Waals surface area contributed by atoms with E-state index in [9.17, 15) is 8.78 Å². The fourth-order valence-corrected chi connectivity index (χ4v) is 2.84. The molecule has 1 saturated heterocycles. The number of halogens is 2. The van der Waals surface area contributed by atoms with Gasteiger partial charge in [0.05, 0.1) is 6.04 Å². The van der Waals surface area contributed by atoms with E-state index in [1.165, 1.54) is 18.2 Å². The zero-order valence-electron chi connectivity index (χ0n) is 12.1. The molecule has 0 amide bonds. The molecule has 3 nitrogen and oxygen atoms in total. The Kier molecular flexibility index (Phi) is 5.07. The van der Waals surface area contributed by atoms with Crippen molar-refractivity contribution in [1.82, 2.24) is 9.80 Å². The zero-order chi connectivity index (χ0) is 14.7. The third-order valence-corrected chi connectivity index (χ3v) is 4.08. The fourth-order valence-electron chi connectivity index (χ4n) is 2.84. The van der Waals surface area contributed by atoms with Crippen LogP contribution in [0.3, 0.4) is 0 Å². The van der Waals surface area contributed by atoms with Crippen LogP contribution in [0.15, 0.2) is 18.2 Å². The number of benzene rings is 1. The first kappa shape index (κ1) is 15.4. The van der Waals surface area contributed by atoms with Crippen LogP contribution in [0.5, 0.6) is 0 Å². The molecule has 0 bridgehead atoms. The van der Waals surface area contributed by atoms with Gasteiger partial charge in [-0.2, -0.15) is 0 Å². The molecule has 20 heavy (non-hydrogen) atoms. The predicted octanol–water partition coefficient (Wildman–Crippen LogP) is 1.99. The first-order chi connectivity index (χ1) is 9.54. The van der Waals surface area contributed by atoms with Crippen molar-refractivity contribution >= 4 is 0 Å². The summed E-state index contributed by atoms with van der Waals surface area (Å²) in [7, 11) is 0. The lowest BCUT2D eigenvalue weighted by molar-refractivity contribution is 0.0778. The fraction of sp³-hybridized carbons (Fsp3) is 0.600. The quantitative estimate of drug-likeness (QED) is 0.917. The van der Waals surface area contributed by atoms with Crippen LogP contribution in [0.1, 0.15) is 25.5 Å². The smallest absolute Gasteiger partial charge is 0.130 e. The van der Waals surface area contributed by atoms with Crippen LogP contribution in [-0.2, 0) is 0 Å². The molecule has 2 rings (SSSR count). The van der Waals surface area contributed by atoms with E-state index in [2.05, 4.69) is 23.6 Å². The highest BCUT2D eigenvalue weighted by molar-refractivity contribution is 5.24. The van der Waals surface area contributed by atoms with Gasteiger partial charge in [0.2, 0.25) is 0 Å². The van der Waals surface area contributed by atoms with Crippen LogP contribution >= 0.6 is 0 Å². The predicted molar refractivity (Wildman–Crippen MR) is 76.4 cm³/mol. The van der Waals surface area contributed by atoms with Crippen LogP contribution < -0.4 is 5.73 Å². The van der Waals surface area contributed by atoms with Gasteiger partial charge < -0.3 is 5.73 Å². The van der Waals surface area contributed by atoms with Crippen molar-refractivity contribution in [2.75, 3.05) is 32.7 Å². The summed E-state index contributed by atoms with van der Waals surface area (Å²) in [6.45, 7) is 7.93. The van der Waals surface area contributed by atoms with Gasteiger partial charge in [0, 0.05) is 44.3 Å². The minimum atomic E-state index is -0.508. The van der Waals surface area contributed by atoms with Gasteiger partial charge in [-0.05, 0) is 26.0 Å². The third kappa shape index (κ3) is 3.16. The highest BCUT2D eigenvalue weighted by Crippen LogP contribution is 2.26. The van der Waals surface area contributed by atoms with E-state index < -0.39 is 11.6 Å². The Morgan fingerprint density at radius 1 is 1.05 bits per heavy atom. The minimum absolute atomic E-state index is 0.105. The standard InChI is InChI=1S/C15H23F2N3/c1-11(2)19-6-8-20(9-7-19)14(10-18)15-12(16)4-3-5-13(15)17/h3-5,11,14H,6-10,18H2,1-2H3. The Hall–Kier alpha value is -1.04. The Labute approximate surface area is 119 Å². The first-order valence-electron chi connectivity index (χ1n) is 7.16. The van der Waals surface area contributed by atoms with Crippen LogP contribution in [0, 0.1) is 11.6 Å². The number of nitrogens with two attached hydrogens (primary N) is 1. The number of rotatable bonds is 4. The molecule has 1 aromatic carbocycles. The van der Waals surface area contributed by atoms with Crippen molar-refractivity contribution in [3.8, 4) is 0 Å². The maximum atomic E-state index is 13.9. The number of hydrogen-bond donors (Lipinski definition) is 1. The van der Waals surface area contributed by atoms with E-state index in [-0.39, 0.29) is 18.2 Å². The molecule has 1 aliphatic heterocycles. The SMILES string of the molecule is CC(C)N1CCN(C(CN)c2c(F)cccc2F)CC1. The van der Waals surface area contributed by atoms with Crippen molar-refractivity contribution in [2.24, 2.45) is 5.73 Å². The number of nitrogens with zero attached hydrogens (tertiary/aromatic N) is 2. The van der Waals surface area contributed by atoms with Crippen LogP contribution in [-0.4, -0.2) is 48.6 Å². The van der Waals surface area contributed by atoms with Gasteiger partial charge in [-0.1, -0.05) is 6.07 Å². The van der Waals surface area contributed by atoms with Gasteiger partial charge >= 0.3 is 0 Å². The molecule has 1 aliphatic rings. The molecule has 1 fully saturated rings. The molecule has 112 valence electrons. The lowest BCUT2D eigenvalue weighted by Crippen LogP contribution is -2.51. The Balaban J connectivity index is 2.14. The van der Waals surface area contributed by atoms with Gasteiger partial charge in [-0.25, -0.2) is 8.78 Å². The molecule has 0 spiro atoms. The second kappa shape index (κ2) is 6.61. The third-order valence-electron chi connectivity index (χ3n) is 4.08. The van der Waals surface area contributed by atoms with Crippen LogP contribution in [0.25, 0.3) is 0 Å². The normalized spacial score (nSPS) is 19.5. The molecule has 5 heteroatoms. The average molecular weight is 283 g/mol. The van der Waals surface area contributed by atoms with Gasteiger partial charge in [-0.15, -0.1) is 0 Å². The largest absolute Gasteiger partial charge is 0.329 e. The summed E-state index contributed by atoms with van der Waals surface area (Å²) in [5, 5.41) is 0. The van der Waals surface area contributed by atoms with Crippen molar-refractivity contribution < 1.29 is 8.78 Å². The molecular formula is C15H23F2N3. The Bertz CT molecular complexity index is 422. The molecule has 0 radical (unpaired) electrons. The summed E-state index contributed by atoms with van der Waals surface area (Å²) >= 11 is 0. The van der Waals surface area contributed by atoms with E-state index in [1.807, 2.05) is 0 Å². The molecule has 0 aromatic heterocycles. The van der Waals surface area contributed by atoms with E-state index in [0.717, 1.165) is 26.2 Å². The second-order valence-corrected chi connectivity index (χ2v) is 5.55. The van der Waals surface area contributed by atoms with Gasteiger partial charge in [0.1, 0.15) is 11.6 Å². The molecule has 1 unspecified atom stereocenters. The van der Waals surface area contributed by atoms with Crippen LogP contribution in [0.4, 0.5) is 8.78 Å². The van der Waals surface area contributed by atoms with Crippen LogP contribution in [0.2, 0.25) is 0 Å². The van der Waals surface area contributed by atoms with Crippen molar-refractivity contribution in [3.63, 3.8) is 0 Å². The van der Waals surface area contributed by atoms with E-state index in [0.29, 0.717) is 6.04 Å². The summed E-state index contributed by atoms with van der Waals surface area (Å²) in [5.74, 6) is -1.02. The van der Waals surface area contributed by atoms with E-state index in [1.54, 1.807) is 0 Å². The lowest BCUT2D eigenvalue weighted by Gasteiger charge is -2.40. The van der Waals surface area contributed by atoms with Gasteiger partial charge in [0.25, 0.3) is 0 Å². The molecule has 0 aliphatic carbocycles. The maximum absolute atomic E-state index is 13.9. The highest BCUT2D eigenvalue weighted by atomic mass is 19.1. The molecule has 1 heterocycles. The van der Waals surface area contributed by atoms with Crippen molar-refractivity contribution in [2.45, 2.75) is 25.9 Å². The zero-order valence-corrected chi connectivity index (χ0v) is 12.1. The Morgan fingerprint density at radius 3 is 2.00 bits per heavy atom. The summed E-state index contributed by atoms with van der Waals surface area (Å²) in [4.78, 5) is 4.45. The maximum Gasteiger partial charge on any atom is 0.130 e. The van der Waals surface area contributed by atoms with Crippen molar-refractivity contribution in [3.05, 3.63) is 35.4 Å². The topological polar surface area (TPSA) is 32.5 Å². The lowest BCUT2D eigenvalue weighted by atomic mass is 10.0. The van der Waals surface area contributed by atoms with Gasteiger partial charge in [0.15, 0.2) is 0 Å². The van der Waals surface area contributed by atoms with E-state index in [4.69, 9.17) is 5.73 Å². The summed E-state index contributed by atoms with van der Waals surface area (Å²) in [6, 6.07) is 4.10. The monoisotopic (exact) mass is 283 g/mol. The van der Waals surface area contributed by atoms with Gasteiger partial charge in [-0.3, -0.25) is 9.80 Å². The number of hydrogen-bond acceptors (Lipinski definition) is 3. The number of piperazine rings is 1. The Morgan fingerprint density at radius 2 is 1.55 bits per heavy atom. The van der Waals surface area contributed by atoms with E-state index >= 15 is 0 Å². The highest BCUT2D eigenvalue weighted by Gasteiger charge is 2.28. The van der Waals surface area contributed by atoms with Crippen molar-refractivity contribution in [1.29, 1.82) is 0 Å². The first-order valence-corrected chi connectivity index (χ1v) is 7.16. The summed E-state index contributed by atoms with van der Waals surface area (Å²) in [5.41, 5.74) is 5.88. The molecule has 1 aromatic rings. The molecular weight excluding hydrogens is 260 g/mol. The molecule has 2 N–H and O–H groups in total. The average Bonchev–Trinajstić information content (AvgIpc) is 2.43. The molecule has 0 saturated carbocycles. The summed E-state index contributed by atoms with van der Waals surface area (Å²) in [6.07, 6.45) is 0.